The lowest BCUT2D eigenvalue weighted by atomic mass is 9.92. The van der Waals surface area contributed by atoms with Crippen molar-refractivity contribution in [2.24, 2.45) is 0 Å². The summed E-state index contributed by atoms with van der Waals surface area (Å²) in [5, 5.41) is 3.39. The summed E-state index contributed by atoms with van der Waals surface area (Å²) < 4.78 is 0. The Labute approximate surface area is 85.5 Å². The van der Waals surface area contributed by atoms with Crippen molar-refractivity contribution in [3.05, 3.63) is 34.4 Å². The molecule has 1 heteroatoms. The van der Waals surface area contributed by atoms with Crippen LogP contribution in [0.15, 0.2) is 12.1 Å². The van der Waals surface area contributed by atoms with E-state index in [0.29, 0.717) is 0 Å². The average molecular weight is 185 g/mol. The van der Waals surface area contributed by atoms with Crippen LogP contribution in [0.25, 0.3) is 0 Å². The van der Waals surface area contributed by atoms with Crippen LogP contribution in [0.2, 0.25) is 0 Å². The highest BCUT2D eigenvalue weighted by Crippen LogP contribution is 2.21. The maximum atomic E-state index is 5.37. The fourth-order valence-corrected chi connectivity index (χ4v) is 2.13. The van der Waals surface area contributed by atoms with Gasteiger partial charge in [0.25, 0.3) is 0 Å². The van der Waals surface area contributed by atoms with E-state index in [4.69, 9.17) is 6.42 Å². The Kier molecular flexibility index (Phi) is 2.56. The number of fused-ring (bicyclic) bond motifs is 1. The monoisotopic (exact) mass is 185 g/mol. The molecule has 0 aliphatic carbocycles. The van der Waals surface area contributed by atoms with Gasteiger partial charge in [-0.05, 0) is 36.6 Å². The fraction of sp³-hybridized carbons (Fsp3) is 0.385. The Morgan fingerprint density at radius 2 is 2.36 bits per heavy atom. The summed E-state index contributed by atoms with van der Waals surface area (Å²) in [4.78, 5) is 0. The SMILES string of the molecule is C#CCc1cc(C)cc2c1CNCC2. The zero-order valence-corrected chi connectivity index (χ0v) is 8.56. The van der Waals surface area contributed by atoms with Crippen LogP contribution in [0.4, 0.5) is 0 Å². The lowest BCUT2D eigenvalue weighted by Gasteiger charge is -2.20. The van der Waals surface area contributed by atoms with Crippen molar-refractivity contribution in [2.45, 2.75) is 26.3 Å². The standard InChI is InChI=1S/C13H15N/c1-3-4-11-7-10(2)8-12-5-6-14-9-13(11)12/h1,7-8,14H,4-6,9H2,2H3. The zero-order valence-electron chi connectivity index (χ0n) is 8.56. The van der Waals surface area contributed by atoms with Gasteiger partial charge in [-0.25, -0.2) is 0 Å². The molecule has 1 N–H and O–H groups in total. The highest BCUT2D eigenvalue weighted by Gasteiger charge is 2.12. The molecule has 0 saturated heterocycles. The molecule has 0 amide bonds. The largest absolute Gasteiger partial charge is 0.312 e. The molecular formula is C13H15N. The van der Waals surface area contributed by atoms with Gasteiger partial charge in [-0.15, -0.1) is 12.3 Å². The molecular weight excluding hydrogens is 170 g/mol. The molecule has 2 rings (SSSR count). The molecule has 0 unspecified atom stereocenters. The normalized spacial score (nSPS) is 14.6. The first-order valence-electron chi connectivity index (χ1n) is 5.06. The van der Waals surface area contributed by atoms with Crippen LogP contribution in [0, 0.1) is 19.3 Å². The molecule has 1 aromatic rings. The lowest BCUT2D eigenvalue weighted by Crippen LogP contribution is -2.25. The van der Waals surface area contributed by atoms with Crippen molar-refractivity contribution in [2.75, 3.05) is 6.54 Å². The summed E-state index contributed by atoms with van der Waals surface area (Å²) in [7, 11) is 0. The molecule has 0 bridgehead atoms. The Morgan fingerprint density at radius 1 is 1.50 bits per heavy atom. The van der Waals surface area contributed by atoms with Crippen LogP contribution in [-0.4, -0.2) is 6.54 Å². The molecule has 1 heterocycles. The van der Waals surface area contributed by atoms with E-state index >= 15 is 0 Å². The molecule has 0 atom stereocenters. The predicted molar refractivity (Wildman–Crippen MR) is 59.1 cm³/mol. The van der Waals surface area contributed by atoms with Crippen LogP contribution in [0.3, 0.4) is 0 Å². The van der Waals surface area contributed by atoms with E-state index < -0.39 is 0 Å². The summed E-state index contributed by atoms with van der Waals surface area (Å²) in [5.41, 5.74) is 5.57. The van der Waals surface area contributed by atoms with Crippen molar-refractivity contribution >= 4 is 0 Å². The van der Waals surface area contributed by atoms with Gasteiger partial charge < -0.3 is 5.32 Å². The van der Waals surface area contributed by atoms with Gasteiger partial charge in [0.1, 0.15) is 0 Å². The maximum absolute atomic E-state index is 5.37. The molecule has 14 heavy (non-hydrogen) atoms. The summed E-state index contributed by atoms with van der Waals surface area (Å²) in [6, 6.07) is 4.50. The number of nitrogens with one attached hydrogen (secondary N) is 1. The van der Waals surface area contributed by atoms with Crippen molar-refractivity contribution in [1.29, 1.82) is 0 Å². The van der Waals surface area contributed by atoms with Gasteiger partial charge >= 0.3 is 0 Å². The average Bonchev–Trinajstić information content (AvgIpc) is 2.18. The van der Waals surface area contributed by atoms with E-state index in [0.717, 1.165) is 25.9 Å². The molecule has 0 radical (unpaired) electrons. The van der Waals surface area contributed by atoms with Crippen molar-refractivity contribution < 1.29 is 0 Å². The van der Waals surface area contributed by atoms with Crippen molar-refractivity contribution in [3.8, 4) is 12.3 Å². The molecule has 1 aliphatic heterocycles. The van der Waals surface area contributed by atoms with Gasteiger partial charge in [0.15, 0.2) is 0 Å². The van der Waals surface area contributed by atoms with Gasteiger partial charge in [0.05, 0.1) is 0 Å². The van der Waals surface area contributed by atoms with Crippen LogP contribution >= 0.6 is 0 Å². The van der Waals surface area contributed by atoms with E-state index in [2.05, 4.69) is 30.3 Å². The molecule has 0 spiro atoms. The van der Waals surface area contributed by atoms with E-state index in [9.17, 15) is 0 Å². The summed E-state index contributed by atoms with van der Waals surface area (Å²) in [6.45, 7) is 4.21. The van der Waals surface area contributed by atoms with Crippen LogP contribution in [-0.2, 0) is 19.4 Å². The molecule has 0 saturated carbocycles. The zero-order chi connectivity index (χ0) is 9.97. The topological polar surface area (TPSA) is 12.0 Å². The Morgan fingerprint density at radius 3 is 3.14 bits per heavy atom. The van der Waals surface area contributed by atoms with Gasteiger partial charge in [-0.1, -0.05) is 17.7 Å². The molecule has 0 aromatic heterocycles. The number of rotatable bonds is 1. The highest BCUT2D eigenvalue weighted by atomic mass is 14.9. The van der Waals surface area contributed by atoms with E-state index in [-0.39, 0.29) is 0 Å². The second kappa shape index (κ2) is 3.86. The fourth-order valence-electron chi connectivity index (χ4n) is 2.13. The number of terminal acetylenes is 1. The quantitative estimate of drug-likeness (QED) is 0.658. The molecule has 0 fully saturated rings. The highest BCUT2D eigenvalue weighted by molar-refractivity contribution is 5.41. The van der Waals surface area contributed by atoms with E-state index in [1.165, 1.54) is 22.3 Å². The molecule has 1 aliphatic rings. The second-order valence-electron chi connectivity index (χ2n) is 3.87. The smallest absolute Gasteiger partial charge is 0.0341 e. The Balaban J connectivity index is 2.48. The van der Waals surface area contributed by atoms with Gasteiger partial charge in [0.2, 0.25) is 0 Å². The van der Waals surface area contributed by atoms with Crippen molar-refractivity contribution in [3.63, 3.8) is 0 Å². The first kappa shape index (κ1) is 9.30. The lowest BCUT2D eigenvalue weighted by molar-refractivity contribution is 0.639. The molecule has 72 valence electrons. The van der Waals surface area contributed by atoms with Crippen molar-refractivity contribution in [1.82, 2.24) is 5.32 Å². The van der Waals surface area contributed by atoms with Crippen LogP contribution in [0.5, 0.6) is 0 Å². The minimum Gasteiger partial charge on any atom is -0.312 e. The summed E-state index contributed by atoms with van der Waals surface area (Å²) >= 11 is 0. The second-order valence-corrected chi connectivity index (χ2v) is 3.87. The number of aryl methyl sites for hydroxylation is 1. The maximum Gasteiger partial charge on any atom is 0.0341 e. The third kappa shape index (κ3) is 1.66. The third-order valence-corrected chi connectivity index (χ3v) is 2.74. The number of hydrogen-bond donors (Lipinski definition) is 1. The van der Waals surface area contributed by atoms with E-state index in [1.807, 2.05) is 0 Å². The number of benzene rings is 1. The molecule has 1 aromatic carbocycles. The first-order valence-corrected chi connectivity index (χ1v) is 5.06. The van der Waals surface area contributed by atoms with Crippen LogP contribution in [0.1, 0.15) is 22.3 Å². The minimum absolute atomic E-state index is 0.756. The first-order chi connectivity index (χ1) is 6.81. The van der Waals surface area contributed by atoms with Crippen LogP contribution < -0.4 is 5.32 Å². The minimum atomic E-state index is 0.756. The van der Waals surface area contributed by atoms with Gasteiger partial charge in [-0.3, -0.25) is 0 Å². The van der Waals surface area contributed by atoms with Gasteiger partial charge in [-0.2, -0.15) is 0 Å². The number of hydrogen-bond acceptors (Lipinski definition) is 1. The predicted octanol–water partition coefficient (Wildman–Crippen LogP) is 1.82. The third-order valence-electron chi connectivity index (χ3n) is 2.74. The summed E-state index contributed by atoms with van der Waals surface area (Å²) in [6.07, 6.45) is 7.26. The van der Waals surface area contributed by atoms with Gasteiger partial charge in [0, 0.05) is 13.0 Å². The summed E-state index contributed by atoms with van der Waals surface area (Å²) in [5.74, 6) is 2.73. The molecule has 1 nitrogen and oxygen atoms in total. The Bertz CT molecular complexity index is 385. The van der Waals surface area contributed by atoms with E-state index in [1.54, 1.807) is 0 Å². The Hall–Kier alpha value is -1.26.